The molecule has 98 valence electrons. The van der Waals surface area contributed by atoms with Crippen molar-refractivity contribution in [2.45, 2.75) is 11.3 Å². The van der Waals surface area contributed by atoms with Crippen LogP contribution < -0.4 is 5.32 Å². The number of carbonyl (C=O) groups is 2. The molecule has 1 rings (SSSR count). The van der Waals surface area contributed by atoms with Gasteiger partial charge in [0.25, 0.3) is 0 Å². The second kappa shape index (κ2) is 5.21. The molecule has 0 atom stereocenters. The second-order valence-electron chi connectivity index (χ2n) is 2.88. The SMILES string of the molecule is CSc1ncc(C(=O)O)c(NC(=O)C(F)(F)F)n1. The number of alkyl halides is 3. The van der Waals surface area contributed by atoms with Crippen LogP contribution in [0, 0.1) is 0 Å². The van der Waals surface area contributed by atoms with Gasteiger partial charge in [-0.05, 0) is 6.26 Å². The fraction of sp³-hybridized carbons (Fsp3) is 0.250. The minimum absolute atomic E-state index is 0.0393. The molecule has 0 radical (unpaired) electrons. The molecule has 0 aliphatic rings. The van der Waals surface area contributed by atoms with Crippen LogP contribution in [-0.4, -0.2) is 39.4 Å². The zero-order chi connectivity index (χ0) is 13.9. The van der Waals surface area contributed by atoms with Crippen LogP contribution in [0.3, 0.4) is 0 Å². The number of aromatic nitrogens is 2. The molecule has 0 bridgehead atoms. The summed E-state index contributed by atoms with van der Waals surface area (Å²) < 4.78 is 36.1. The number of nitrogens with one attached hydrogen (secondary N) is 1. The number of nitrogens with zero attached hydrogens (tertiary/aromatic N) is 2. The van der Waals surface area contributed by atoms with Crippen molar-refractivity contribution < 1.29 is 27.9 Å². The lowest BCUT2D eigenvalue weighted by Crippen LogP contribution is -2.31. The average Bonchev–Trinajstić information content (AvgIpc) is 2.27. The van der Waals surface area contributed by atoms with Gasteiger partial charge in [-0.3, -0.25) is 4.79 Å². The Kier molecular flexibility index (Phi) is 4.11. The summed E-state index contributed by atoms with van der Waals surface area (Å²) in [5.41, 5.74) is -0.620. The van der Waals surface area contributed by atoms with E-state index in [1.807, 2.05) is 0 Å². The molecule has 18 heavy (non-hydrogen) atoms. The van der Waals surface area contributed by atoms with Crippen molar-refractivity contribution in [1.82, 2.24) is 9.97 Å². The number of hydrogen-bond acceptors (Lipinski definition) is 5. The van der Waals surface area contributed by atoms with E-state index in [0.29, 0.717) is 0 Å². The number of amides is 1. The molecular weight excluding hydrogens is 275 g/mol. The lowest BCUT2D eigenvalue weighted by Gasteiger charge is -2.09. The first-order valence-corrected chi connectivity index (χ1v) is 5.50. The van der Waals surface area contributed by atoms with Gasteiger partial charge in [0, 0.05) is 6.20 Å². The van der Waals surface area contributed by atoms with Crippen molar-refractivity contribution in [1.29, 1.82) is 0 Å². The van der Waals surface area contributed by atoms with Gasteiger partial charge in [0.1, 0.15) is 5.56 Å². The van der Waals surface area contributed by atoms with Crippen LogP contribution in [0.15, 0.2) is 11.4 Å². The van der Waals surface area contributed by atoms with Crippen molar-refractivity contribution in [3.8, 4) is 0 Å². The van der Waals surface area contributed by atoms with Crippen LogP contribution in [0.1, 0.15) is 10.4 Å². The van der Waals surface area contributed by atoms with E-state index in [1.54, 1.807) is 6.26 Å². The molecule has 2 N–H and O–H groups in total. The van der Waals surface area contributed by atoms with E-state index in [0.717, 1.165) is 18.0 Å². The number of carboxylic acid groups (broad SMARTS) is 1. The van der Waals surface area contributed by atoms with Crippen molar-refractivity contribution in [3.63, 3.8) is 0 Å². The number of carboxylic acids is 1. The van der Waals surface area contributed by atoms with Gasteiger partial charge in [-0.15, -0.1) is 0 Å². The number of hydrogen-bond donors (Lipinski definition) is 2. The predicted molar refractivity (Wildman–Crippen MR) is 55.5 cm³/mol. The molecule has 0 unspecified atom stereocenters. The van der Waals surface area contributed by atoms with E-state index in [-0.39, 0.29) is 5.16 Å². The highest BCUT2D eigenvalue weighted by atomic mass is 32.2. The molecule has 6 nitrogen and oxygen atoms in total. The third kappa shape index (κ3) is 3.32. The van der Waals surface area contributed by atoms with Gasteiger partial charge in [-0.25, -0.2) is 14.8 Å². The lowest BCUT2D eigenvalue weighted by atomic mass is 10.3. The Labute approximate surface area is 103 Å². The molecule has 1 aromatic heterocycles. The molecular formula is C8H6F3N3O3S. The Morgan fingerprint density at radius 1 is 1.44 bits per heavy atom. The lowest BCUT2D eigenvalue weighted by molar-refractivity contribution is -0.167. The Morgan fingerprint density at radius 2 is 2.06 bits per heavy atom. The Bertz CT molecular complexity index is 492. The molecule has 10 heteroatoms. The highest BCUT2D eigenvalue weighted by Gasteiger charge is 2.39. The number of aromatic carboxylic acids is 1. The van der Waals surface area contributed by atoms with Gasteiger partial charge in [0.2, 0.25) is 0 Å². The maximum Gasteiger partial charge on any atom is 0.471 e. The number of carbonyl (C=O) groups excluding carboxylic acids is 1. The van der Waals surface area contributed by atoms with Crippen LogP contribution in [-0.2, 0) is 4.79 Å². The summed E-state index contributed by atoms with van der Waals surface area (Å²) in [4.78, 5) is 28.5. The van der Waals surface area contributed by atoms with Crippen LogP contribution >= 0.6 is 11.8 Å². The monoisotopic (exact) mass is 281 g/mol. The highest BCUT2D eigenvalue weighted by Crippen LogP contribution is 2.21. The summed E-state index contributed by atoms with van der Waals surface area (Å²) >= 11 is 0.990. The topological polar surface area (TPSA) is 92.2 Å². The van der Waals surface area contributed by atoms with Gasteiger partial charge in [-0.1, -0.05) is 11.8 Å². The first-order valence-electron chi connectivity index (χ1n) is 4.28. The summed E-state index contributed by atoms with van der Waals surface area (Å²) in [7, 11) is 0. The Morgan fingerprint density at radius 3 is 2.50 bits per heavy atom. The smallest absolute Gasteiger partial charge is 0.471 e. The molecule has 0 saturated carbocycles. The largest absolute Gasteiger partial charge is 0.477 e. The van der Waals surface area contributed by atoms with Crippen LogP contribution in [0.2, 0.25) is 0 Å². The molecule has 0 aliphatic carbocycles. The van der Waals surface area contributed by atoms with Crippen LogP contribution in [0.5, 0.6) is 0 Å². The third-order valence-electron chi connectivity index (χ3n) is 1.67. The van der Waals surface area contributed by atoms with Crippen LogP contribution in [0.25, 0.3) is 0 Å². The molecule has 0 aromatic carbocycles. The van der Waals surface area contributed by atoms with Gasteiger partial charge < -0.3 is 10.4 Å². The number of rotatable bonds is 3. The number of halogens is 3. The highest BCUT2D eigenvalue weighted by molar-refractivity contribution is 7.98. The quantitative estimate of drug-likeness (QED) is 0.642. The predicted octanol–water partition coefficient (Wildman–Crippen LogP) is 1.40. The zero-order valence-corrected chi connectivity index (χ0v) is 9.59. The van der Waals surface area contributed by atoms with Crippen molar-refractivity contribution >= 4 is 29.5 Å². The normalized spacial score (nSPS) is 11.1. The van der Waals surface area contributed by atoms with Crippen molar-refractivity contribution in [3.05, 3.63) is 11.8 Å². The summed E-state index contributed by atoms with van der Waals surface area (Å²) in [6.45, 7) is 0. The van der Waals surface area contributed by atoms with E-state index in [1.165, 1.54) is 5.32 Å². The minimum Gasteiger partial charge on any atom is -0.477 e. The number of anilines is 1. The van der Waals surface area contributed by atoms with Gasteiger partial charge in [0.05, 0.1) is 0 Å². The van der Waals surface area contributed by atoms with Gasteiger partial charge in [0.15, 0.2) is 11.0 Å². The molecule has 0 saturated heterocycles. The first-order chi connectivity index (χ1) is 8.25. The molecule has 0 fully saturated rings. The molecule has 1 heterocycles. The van der Waals surface area contributed by atoms with E-state index < -0.39 is 29.4 Å². The van der Waals surface area contributed by atoms with E-state index >= 15 is 0 Å². The summed E-state index contributed by atoms with van der Waals surface area (Å²) in [6.07, 6.45) is -2.75. The van der Waals surface area contributed by atoms with Gasteiger partial charge >= 0.3 is 18.1 Å². The van der Waals surface area contributed by atoms with E-state index in [4.69, 9.17) is 5.11 Å². The molecule has 1 aromatic rings. The fourth-order valence-electron chi connectivity index (χ4n) is 0.894. The third-order valence-corrected chi connectivity index (χ3v) is 2.23. The van der Waals surface area contributed by atoms with Crippen molar-refractivity contribution in [2.24, 2.45) is 0 Å². The van der Waals surface area contributed by atoms with E-state index in [9.17, 15) is 22.8 Å². The standard InChI is InChI=1S/C8H6F3N3O3S/c1-18-7-12-2-3(5(15)16)4(14-7)13-6(17)8(9,10)11/h2H,1H3,(H,15,16)(H,12,13,14,17). The summed E-state index contributed by atoms with van der Waals surface area (Å²) in [5, 5.41) is 10.2. The Balaban J connectivity index is 3.12. The van der Waals surface area contributed by atoms with Gasteiger partial charge in [-0.2, -0.15) is 13.2 Å². The summed E-state index contributed by atoms with van der Waals surface area (Å²) in [6, 6.07) is 0. The summed E-state index contributed by atoms with van der Waals surface area (Å²) in [5.74, 6) is -4.53. The fourth-order valence-corrected chi connectivity index (χ4v) is 1.23. The maximum atomic E-state index is 12.0. The second-order valence-corrected chi connectivity index (χ2v) is 3.65. The zero-order valence-electron chi connectivity index (χ0n) is 8.78. The number of thioether (sulfide) groups is 1. The first kappa shape index (κ1) is 14.2. The minimum atomic E-state index is -5.12. The molecule has 1 amide bonds. The van der Waals surface area contributed by atoms with Crippen molar-refractivity contribution in [2.75, 3.05) is 11.6 Å². The van der Waals surface area contributed by atoms with E-state index in [2.05, 4.69) is 9.97 Å². The average molecular weight is 281 g/mol. The molecule has 0 aliphatic heterocycles. The van der Waals surface area contributed by atoms with Crippen LogP contribution in [0.4, 0.5) is 19.0 Å². The maximum absolute atomic E-state index is 12.0. The Hall–Kier alpha value is -1.84. The molecule has 0 spiro atoms.